The number of hydrogen-bond donors (Lipinski definition) is 0. The largest absolute Gasteiger partial charge is 0.474 e. The van der Waals surface area contributed by atoms with E-state index in [0.717, 1.165) is 22.9 Å². The summed E-state index contributed by atoms with van der Waals surface area (Å²) in [6, 6.07) is 4.66. The molecule has 10 heteroatoms. The van der Waals surface area contributed by atoms with Crippen molar-refractivity contribution in [1.29, 1.82) is 5.26 Å². The lowest BCUT2D eigenvalue weighted by molar-refractivity contribution is -0.141. The molecule has 0 aliphatic heterocycles. The maximum atomic E-state index is 12.9. The molecule has 0 spiro atoms. The minimum Gasteiger partial charge on any atom is -0.474 e. The number of thioether (sulfide) groups is 1. The van der Waals surface area contributed by atoms with Crippen LogP contribution in [0.25, 0.3) is 22.6 Å². The van der Waals surface area contributed by atoms with Crippen molar-refractivity contribution in [3.63, 3.8) is 0 Å². The molecule has 0 saturated heterocycles. The smallest absolute Gasteiger partial charge is 0.433 e. The lowest BCUT2D eigenvalue weighted by Crippen LogP contribution is -2.08. The molecule has 0 aliphatic rings. The van der Waals surface area contributed by atoms with E-state index in [0.29, 0.717) is 22.8 Å². The fraction of sp³-hybridized carbons (Fsp3) is 0.333. The Kier molecular flexibility index (Phi) is 5.47. The average Bonchev–Trinajstić information content (AvgIpc) is 2.97. The van der Waals surface area contributed by atoms with Crippen molar-refractivity contribution in [2.24, 2.45) is 7.05 Å². The minimum absolute atomic E-state index is 0.188. The van der Waals surface area contributed by atoms with Crippen molar-refractivity contribution in [1.82, 2.24) is 19.5 Å². The summed E-state index contributed by atoms with van der Waals surface area (Å²) in [5, 5.41) is 8.90. The zero-order valence-corrected chi connectivity index (χ0v) is 16.1. The van der Waals surface area contributed by atoms with Crippen LogP contribution in [0.1, 0.15) is 19.5 Å². The normalized spacial score (nSPS) is 12.8. The predicted octanol–water partition coefficient (Wildman–Crippen LogP) is 4.45. The highest BCUT2D eigenvalue weighted by atomic mass is 32.2. The van der Waals surface area contributed by atoms with Gasteiger partial charge in [0.05, 0.1) is 23.4 Å². The molecule has 28 heavy (non-hydrogen) atoms. The van der Waals surface area contributed by atoms with Crippen LogP contribution in [0.4, 0.5) is 13.2 Å². The summed E-state index contributed by atoms with van der Waals surface area (Å²) in [6.07, 6.45) is -2.53. The van der Waals surface area contributed by atoms with E-state index in [-0.39, 0.29) is 5.52 Å². The maximum absolute atomic E-state index is 12.9. The molecule has 3 rings (SSSR count). The van der Waals surface area contributed by atoms with Gasteiger partial charge < -0.3 is 9.30 Å². The molecule has 0 amide bonds. The number of nitriles is 1. The van der Waals surface area contributed by atoms with Gasteiger partial charge in [0, 0.05) is 11.9 Å². The number of alkyl halides is 3. The third-order valence-corrected chi connectivity index (χ3v) is 4.80. The molecular formula is C18H16F3N5OS. The molecular weight excluding hydrogens is 391 g/mol. The van der Waals surface area contributed by atoms with Crippen molar-refractivity contribution in [2.45, 2.75) is 31.0 Å². The van der Waals surface area contributed by atoms with E-state index in [2.05, 4.69) is 15.0 Å². The number of aryl methyl sites for hydroxylation is 1. The van der Waals surface area contributed by atoms with Gasteiger partial charge in [0.25, 0.3) is 0 Å². The number of halogens is 3. The number of imidazole rings is 1. The van der Waals surface area contributed by atoms with Gasteiger partial charge in [-0.2, -0.15) is 18.4 Å². The molecule has 1 atom stereocenters. The van der Waals surface area contributed by atoms with Gasteiger partial charge in [0.1, 0.15) is 23.2 Å². The van der Waals surface area contributed by atoms with Gasteiger partial charge in [0.15, 0.2) is 11.9 Å². The van der Waals surface area contributed by atoms with Gasteiger partial charge in [-0.05, 0) is 24.8 Å². The Bertz CT molecular complexity index is 1060. The van der Waals surface area contributed by atoms with Crippen LogP contribution in [-0.4, -0.2) is 31.4 Å². The molecule has 0 N–H and O–H groups in total. The molecule has 1 unspecified atom stereocenters. The zero-order valence-electron chi connectivity index (χ0n) is 15.3. The van der Waals surface area contributed by atoms with E-state index in [1.54, 1.807) is 24.6 Å². The molecule has 3 aromatic heterocycles. The highest BCUT2D eigenvalue weighted by Crippen LogP contribution is 2.35. The first-order valence-corrected chi connectivity index (χ1v) is 9.32. The summed E-state index contributed by atoms with van der Waals surface area (Å²) in [6.45, 7) is 3.59. The quantitative estimate of drug-likeness (QED) is 0.582. The number of hydrogen-bond acceptors (Lipinski definition) is 6. The van der Waals surface area contributed by atoms with Crippen LogP contribution in [0, 0.1) is 11.3 Å². The lowest BCUT2D eigenvalue weighted by atomic mass is 10.3. The fourth-order valence-corrected chi connectivity index (χ4v) is 3.40. The van der Waals surface area contributed by atoms with Crippen LogP contribution in [-0.2, 0) is 13.2 Å². The standard InChI is InChI=1S/C18H16F3N5OS/c1-4-28-14-5-11(27-10(2)7-22)8-24-16(14)17-25-12-6-15(18(19,20)21)23-9-13(12)26(17)3/h5-6,8-10H,4H2,1-3H3. The first kappa shape index (κ1) is 19.9. The third kappa shape index (κ3) is 3.89. The number of rotatable bonds is 5. The van der Waals surface area contributed by atoms with Gasteiger partial charge in [-0.15, -0.1) is 11.8 Å². The van der Waals surface area contributed by atoms with Crippen LogP contribution in [0.5, 0.6) is 5.75 Å². The summed E-state index contributed by atoms with van der Waals surface area (Å²) < 4.78 is 46.0. The lowest BCUT2D eigenvalue weighted by Gasteiger charge is -2.12. The Labute approximate surface area is 163 Å². The number of ether oxygens (including phenoxy) is 1. The molecule has 0 aromatic carbocycles. The average molecular weight is 407 g/mol. The predicted molar refractivity (Wildman–Crippen MR) is 98.8 cm³/mol. The summed E-state index contributed by atoms with van der Waals surface area (Å²) in [4.78, 5) is 13.0. The second kappa shape index (κ2) is 7.67. The monoisotopic (exact) mass is 407 g/mol. The van der Waals surface area contributed by atoms with Crippen molar-refractivity contribution in [2.75, 3.05) is 5.75 Å². The molecule has 146 valence electrons. The molecule has 0 radical (unpaired) electrons. The molecule has 6 nitrogen and oxygen atoms in total. The second-order valence-electron chi connectivity index (χ2n) is 5.89. The Balaban J connectivity index is 2.10. The number of aromatic nitrogens is 4. The van der Waals surface area contributed by atoms with Gasteiger partial charge in [-0.25, -0.2) is 15.0 Å². The molecule has 3 aromatic rings. The summed E-state index contributed by atoms with van der Waals surface area (Å²) in [5.74, 6) is 1.61. The summed E-state index contributed by atoms with van der Waals surface area (Å²) in [7, 11) is 1.70. The maximum Gasteiger partial charge on any atom is 0.433 e. The number of nitrogens with zero attached hydrogens (tertiary/aromatic N) is 5. The van der Waals surface area contributed by atoms with Crippen LogP contribution in [0.3, 0.4) is 0 Å². The Morgan fingerprint density at radius 2 is 2.04 bits per heavy atom. The van der Waals surface area contributed by atoms with Gasteiger partial charge in [0.2, 0.25) is 0 Å². The topological polar surface area (TPSA) is 76.6 Å². The first-order chi connectivity index (χ1) is 13.2. The molecule has 0 fully saturated rings. The second-order valence-corrected chi connectivity index (χ2v) is 7.20. The first-order valence-electron chi connectivity index (χ1n) is 8.33. The van der Waals surface area contributed by atoms with Crippen LogP contribution in [0.15, 0.2) is 29.4 Å². The van der Waals surface area contributed by atoms with Crippen molar-refractivity contribution >= 4 is 22.8 Å². The van der Waals surface area contributed by atoms with Crippen LogP contribution >= 0.6 is 11.8 Å². The van der Waals surface area contributed by atoms with Crippen molar-refractivity contribution in [3.8, 4) is 23.3 Å². The fourth-order valence-electron chi connectivity index (χ4n) is 2.61. The molecule has 0 bridgehead atoms. The van der Waals surface area contributed by atoms with E-state index in [1.807, 2.05) is 13.0 Å². The summed E-state index contributed by atoms with van der Waals surface area (Å²) in [5.41, 5.74) is 0.189. The van der Waals surface area contributed by atoms with Crippen LogP contribution < -0.4 is 4.74 Å². The highest BCUT2D eigenvalue weighted by molar-refractivity contribution is 7.99. The molecule has 0 saturated carbocycles. The van der Waals surface area contributed by atoms with E-state index in [1.165, 1.54) is 18.0 Å². The van der Waals surface area contributed by atoms with Gasteiger partial charge in [-0.3, -0.25) is 0 Å². The van der Waals surface area contributed by atoms with Crippen LogP contribution in [0.2, 0.25) is 0 Å². The Morgan fingerprint density at radius 3 is 2.68 bits per heavy atom. The minimum atomic E-state index is -4.54. The Hall–Kier alpha value is -2.80. The number of fused-ring (bicyclic) bond motifs is 1. The SMILES string of the molecule is CCSc1cc(OC(C)C#N)cnc1-c1nc2cc(C(F)(F)F)ncc2n1C. The third-order valence-electron chi connectivity index (χ3n) is 3.89. The zero-order chi connectivity index (χ0) is 20.5. The van der Waals surface area contributed by atoms with Crippen molar-refractivity contribution < 1.29 is 17.9 Å². The van der Waals surface area contributed by atoms with Gasteiger partial charge in [-0.1, -0.05) is 6.92 Å². The molecule has 3 heterocycles. The highest BCUT2D eigenvalue weighted by Gasteiger charge is 2.33. The Morgan fingerprint density at radius 1 is 1.29 bits per heavy atom. The number of pyridine rings is 2. The van der Waals surface area contributed by atoms with E-state index < -0.39 is 18.0 Å². The van der Waals surface area contributed by atoms with E-state index >= 15 is 0 Å². The molecule has 0 aliphatic carbocycles. The van der Waals surface area contributed by atoms with Crippen molar-refractivity contribution in [3.05, 3.63) is 30.2 Å². The van der Waals surface area contributed by atoms with E-state index in [4.69, 9.17) is 10.00 Å². The van der Waals surface area contributed by atoms with Gasteiger partial charge >= 0.3 is 6.18 Å². The summed E-state index contributed by atoms with van der Waals surface area (Å²) >= 11 is 1.50. The van der Waals surface area contributed by atoms with E-state index in [9.17, 15) is 13.2 Å².